The van der Waals surface area contributed by atoms with Crippen LogP contribution in [0.1, 0.15) is 25.8 Å². The summed E-state index contributed by atoms with van der Waals surface area (Å²) in [6.45, 7) is 5.81. The third kappa shape index (κ3) is 3.33. The van der Waals surface area contributed by atoms with Gasteiger partial charge in [-0.15, -0.1) is 0 Å². The molecule has 19 heavy (non-hydrogen) atoms. The van der Waals surface area contributed by atoms with E-state index < -0.39 is 15.6 Å². The van der Waals surface area contributed by atoms with Crippen molar-refractivity contribution in [2.24, 2.45) is 5.16 Å². The molecule has 0 aliphatic carbocycles. The molecule has 5 nitrogen and oxygen atoms in total. The maximum atomic E-state index is 12.1. The average Bonchev–Trinajstić information content (AvgIpc) is 2.68. The molecule has 0 saturated carbocycles. The van der Waals surface area contributed by atoms with Crippen LogP contribution in [0.3, 0.4) is 0 Å². The number of rotatable bonds is 4. The van der Waals surface area contributed by atoms with E-state index in [4.69, 9.17) is 4.84 Å². The van der Waals surface area contributed by atoms with Gasteiger partial charge in [-0.1, -0.05) is 22.9 Å². The first-order valence-corrected chi connectivity index (χ1v) is 7.57. The second-order valence-electron chi connectivity index (χ2n) is 5.18. The van der Waals surface area contributed by atoms with E-state index >= 15 is 0 Å². The van der Waals surface area contributed by atoms with Gasteiger partial charge in [0.2, 0.25) is 10.0 Å². The SMILES string of the molecule is CC1=NO[C@@](C)(CNS(=O)(=O)c2ccc(C)cc2)C1. The number of nitrogens with zero attached hydrogens (tertiary/aromatic N) is 1. The molecule has 0 bridgehead atoms. The molecule has 1 heterocycles. The van der Waals surface area contributed by atoms with E-state index in [1.54, 1.807) is 24.3 Å². The lowest BCUT2D eigenvalue weighted by molar-refractivity contribution is 0.00146. The van der Waals surface area contributed by atoms with Crippen molar-refractivity contribution in [2.45, 2.75) is 37.7 Å². The van der Waals surface area contributed by atoms with Gasteiger partial charge in [-0.3, -0.25) is 0 Å². The molecule has 0 radical (unpaired) electrons. The molecule has 0 spiro atoms. The van der Waals surface area contributed by atoms with Gasteiger partial charge in [-0.25, -0.2) is 13.1 Å². The average molecular weight is 282 g/mol. The van der Waals surface area contributed by atoms with Crippen LogP contribution in [0.25, 0.3) is 0 Å². The minimum Gasteiger partial charge on any atom is -0.388 e. The van der Waals surface area contributed by atoms with Gasteiger partial charge in [-0.2, -0.15) is 0 Å². The van der Waals surface area contributed by atoms with E-state index in [0.717, 1.165) is 11.3 Å². The quantitative estimate of drug-likeness (QED) is 0.916. The zero-order valence-corrected chi connectivity index (χ0v) is 12.1. The number of aryl methyl sites for hydroxylation is 1. The summed E-state index contributed by atoms with van der Waals surface area (Å²) in [5, 5.41) is 3.86. The van der Waals surface area contributed by atoms with Crippen molar-refractivity contribution in [3.63, 3.8) is 0 Å². The van der Waals surface area contributed by atoms with Gasteiger partial charge in [0.05, 0.1) is 17.2 Å². The Hall–Kier alpha value is -1.40. The van der Waals surface area contributed by atoms with Gasteiger partial charge in [-0.05, 0) is 32.9 Å². The van der Waals surface area contributed by atoms with E-state index in [1.165, 1.54) is 0 Å². The predicted molar refractivity (Wildman–Crippen MR) is 73.6 cm³/mol. The Morgan fingerprint density at radius 3 is 2.47 bits per heavy atom. The van der Waals surface area contributed by atoms with Crippen LogP contribution in [-0.2, 0) is 14.9 Å². The maximum absolute atomic E-state index is 12.1. The van der Waals surface area contributed by atoms with Gasteiger partial charge in [0.1, 0.15) is 0 Å². The number of hydrogen-bond donors (Lipinski definition) is 1. The molecular weight excluding hydrogens is 264 g/mol. The van der Waals surface area contributed by atoms with Crippen molar-refractivity contribution in [3.05, 3.63) is 29.8 Å². The number of benzene rings is 1. The van der Waals surface area contributed by atoms with Crippen molar-refractivity contribution in [2.75, 3.05) is 6.54 Å². The topological polar surface area (TPSA) is 67.8 Å². The molecular formula is C13H18N2O3S. The maximum Gasteiger partial charge on any atom is 0.240 e. The fourth-order valence-corrected chi connectivity index (χ4v) is 3.09. The van der Waals surface area contributed by atoms with Crippen LogP contribution < -0.4 is 4.72 Å². The molecule has 1 atom stereocenters. The minimum absolute atomic E-state index is 0.198. The molecule has 0 amide bonds. The minimum atomic E-state index is -3.50. The molecule has 104 valence electrons. The molecule has 0 aromatic heterocycles. The van der Waals surface area contributed by atoms with Crippen molar-refractivity contribution in [1.29, 1.82) is 0 Å². The normalized spacial score (nSPS) is 23.0. The van der Waals surface area contributed by atoms with Crippen LogP contribution in [0.15, 0.2) is 34.3 Å². The molecule has 1 N–H and O–H groups in total. The molecule has 0 unspecified atom stereocenters. The predicted octanol–water partition coefficient (Wildman–Crippen LogP) is 1.83. The van der Waals surface area contributed by atoms with Crippen LogP contribution in [0, 0.1) is 6.92 Å². The highest BCUT2D eigenvalue weighted by Crippen LogP contribution is 2.23. The van der Waals surface area contributed by atoms with E-state index in [-0.39, 0.29) is 11.4 Å². The van der Waals surface area contributed by atoms with Crippen molar-refractivity contribution in [1.82, 2.24) is 4.72 Å². The third-order valence-corrected chi connectivity index (χ3v) is 4.44. The van der Waals surface area contributed by atoms with Crippen LogP contribution in [0.5, 0.6) is 0 Å². The number of nitrogens with one attached hydrogen (secondary N) is 1. The number of hydrogen-bond acceptors (Lipinski definition) is 4. The van der Waals surface area contributed by atoms with Crippen molar-refractivity contribution in [3.8, 4) is 0 Å². The Morgan fingerprint density at radius 1 is 1.32 bits per heavy atom. The molecule has 2 rings (SSSR count). The first-order valence-electron chi connectivity index (χ1n) is 6.09. The van der Waals surface area contributed by atoms with Crippen LogP contribution >= 0.6 is 0 Å². The third-order valence-electron chi connectivity index (χ3n) is 3.02. The second-order valence-corrected chi connectivity index (χ2v) is 6.95. The van der Waals surface area contributed by atoms with Crippen molar-refractivity contribution >= 4 is 15.7 Å². The lowest BCUT2D eigenvalue weighted by atomic mass is 10.0. The molecule has 0 fully saturated rings. The highest BCUT2D eigenvalue weighted by molar-refractivity contribution is 7.89. The summed E-state index contributed by atoms with van der Waals surface area (Å²) in [6, 6.07) is 6.74. The van der Waals surface area contributed by atoms with Crippen LogP contribution in [-0.4, -0.2) is 26.3 Å². The highest BCUT2D eigenvalue weighted by atomic mass is 32.2. The first kappa shape index (κ1) is 14.0. The Kier molecular flexibility index (Phi) is 3.64. The second kappa shape index (κ2) is 4.94. The smallest absolute Gasteiger partial charge is 0.240 e. The summed E-state index contributed by atoms with van der Waals surface area (Å²) < 4.78 is 26.8. The summed E-state index contributed by atoms with van der Waals surface area (Å²) in [5.41, 5.74) is 1.30. The lowest BCUT2D eigenvalue weighted by Gasteiger charge is -2.21. The Labute approximate surface area is 113 Å². The van der Waals surface area contributed by atoms with Gasteiger partial charge in [0, 0.05) is 6.42 Å². The van der Waals surface area contributed by atoms with E-state index in [9.17, 15) is 8.42 Å². The zero-order valence-electron chi connectivity index (χ0n) is 11.3. The standard InChI is InChI=1S/C13H18N2O3S/c1-10-4-6-12(7-5-10)19(16,17)14-9-13(3)8-11(2)15-18-13/h4-7,14H,8-9H2,1-3H3/t13-/m1/s1. The van der Waals surface area contributed by atoms with Crippen LogP contribution in [0.4, 0.5) is 0 Å². The summed E-state index contributed by atoms with van der Waals surface area (Å²) in [6.07, 6.45) is 0.628. The van der Waals surface area contributed by atoms with E-state index in [0.29, 0.717) is 6.42 Å². The fraction of sp³-hybridized carbons (Fsp3) is 0.462. The lowest BCUT2D eigenvalue weighted by Crippen LogP contribution is -2.40. The summed E-state index contributed by atoms with van der Waals surface area (Å²) in [5.74, 6) is 0. The molecule has 1 aromatic carbocycles. The monoisotopic (exact) mass is 282 g/mol. The van der Waals surface area contributed by atoms with E-state index in [1.807, 2.05) is 20.8 Å². The molecule has 0 saturated heterocycles. The van der Waals surface area contributed by atoms with Crippen molar-refractivity contribution < 1.29 is 13.3 Å². The van der Waals surface area contributed by atoms with Gasteiger partial charge < -0.3 is 4.84 Å². The molecule has 1 aliphatic heterocycles. The Balaban J connectivity index is 2.04. The Morgan fingerprint density at radius 2 is 1.95 bits per heavy atom. The molecule has 6 heteroatoms. The first-order chi connectivity index (χ1) is 8.81. The van der Waals surface area contributed by atoms with Gasteiger partial charge >= 0.3 is 0 Å². The zero-order chi connectivity index (χ0) is 14.1. The number of sulfonamides is 1. The highest BCUT2D eigenvalue weighted by Gasteiger charge is 2.34. The van der Waals surface area contributed by atoms with Crippen LogP contribution in [0.2, 0.25) is 0 Å². The summed E-state index contributed by atoms with van der Waals surface area (Å²) in [7, 11) is -3.50. The number of oxime groups is 1. The van der Waals surface area contributed by atoms with E-state index in [2.05, 4.69) is 9.88 Å². The largest absolute Gasteiger partial charge is 0.388 e. The molecule has 1 aliphatic rings. The Bertz CT molecular complexity index is 593. The van der Waals surface area contributed by atoms with Gasteiger partial charge in [0.15, 0.2) is 5.60 Å². The van der Waals surface area contributed by atoms with Gasteiger partial charge in [0.25, 0.3) is 0 Å². The molecule has 1 aromatic rings. The summed E-state index contributed by atoms with van der Waals surface area (Å²) in [4.78, 5) is 5.53. The summed E-state index contributed by atoms with van der Waals surface area (Å²) >= 11 is 0. The fourth-order valence-electron chi connectivity index (χ4n) is 1.94.